The van der Waals surface area contributed by atoms with E-state index in [4.69, 9.17) is 0 Å². The standard InChI is InChI=1S/C29H31BrF3N3O4S/c1-3-4-17-34-28(38)21(2)35(19-22-13-15-24(30)16-14-22)27(37)20-36(41(39,40)26-11-6-5-7-12-26)25-10-8-9-23(18-25)29(31,32)33/h5-16,18,21H,3-4,17,19-20H2,1-2H3,(H,34,38). The number of carbonyl (C=O) groups excluding carboxylic acids is 2. The van der Waals surface area contributed by atoms with Crippen LogP contribution in [0.5, 0.6) is 0 Å². The van der Waals surface area contributed by atoms with E-state index < -0.39 is 46.2 Å². The maximum Gasteiger partial charge on any atom is 0.416 e. The summed E-state index contributed by atoms with van der Waals surface area (Å²) in [5, 5.41) is 2.78. The van der Waals surface area contributed by atoms with E-state index in [2.05, 4.69) is 21.2 Å². The molecule has 1 unspecified atom stereocenters. The molecular formula is C29H31BrF3N3O4S. The second-order valence-corrected chi connectivity index (χ2v) is 12.1. The summed E-state index contributed by atoms with van der Waals surface area (Å²) in [5.41, 5.74) is -0.724. The van der Waals surface area contributed by atoms with Gasteiger partial charge in [0.05, 0.1) is 16.1 Å². The van der Waals surface area contributed by atoms with Crippen molar-refractivity contribution >= 4 is 43.5 Å². The van der Waals surface area contributed by atoms with Crippen LogP contribution in [0.2, 0.25) is 0 Å². The molecule has 7 nitrogen and oxygen atoms in total. The average Bonchev–Trinajstić information content (AvgIpc) is 2.95. The molecular weight excluding hydrogens is 623 g/mol. The molecule has 0 aromatic heterocycles. The molecule has 220 valence electrons. The molecule has 0 aliphatic heterocycles. The van der Waals surface area contributed by atoms with E-state index in [-0.39, 0.29) is 17.1 Å². The van der Waals surface area contributed by atoms with Crippen LogP contribution in [0.15, 0.2) is 88.2 Å². The Labute approximate surface area is 246 Å². The summed E-state index contributed by atoms with van der Waals surface area (Å²) in [4.78, 5) is 27.8. The molecule has 1 N–H and O–H groups in total. The predicted molar refractivity (Wildman–Crippen MR) is 154 cm³/mol. The smallest absolute Gasteiger partial charge is 0.354 e. The van der Waals surface area contributed by atoms with Gasteiger partial charge in [-0.25, -0.2) is 8.42 Å². The monoisotopic (exact) mass is 653 g/mol. The van der Waals surface area contributed by atoms with Gasteiger partial charge in [-0.15, -0.1) is 0 Å². The number of alkyl halides is 3. The molecule has 2 amide bonds. The van der Waals surface area contributed by atoms with Crippen molar-refractivity contribution in [3.63, 3.8) is 0 Å². The third-order valence-electron chi connectivity index (χ3n) is 6.33. The van der Waals surface area contributed by atoms with Gasteiger partial charge in [-0.2, -0.15) is 13.2 Å². The van der Waals surface area contributed by atoms with E-state index in [1.54, 1.807) is 30.3 Å². The number of benzene rings is 3. The first kappa shape index (κ1) is 32.1. The van der Waals surface area contributed by atoms with Gasteiger partial charge >= 0.3 is 6.18 Å². The molecule has 0 radical (unpaired) electrons. The maximum absolute atomic E-state index is 13.8. The Morgan fingerprint density at radius 3 is 2.24 bits per heavy atom. The van der Waals surface area contributed by atoms with E-state index in [1.807, 2.05) is 6.92 Å². The van der Waals surface area contributed by atoms with E-state index >= 15 is 0 Å². The minimum atomic E-state index is -4.74. The van der Waals surface area contributed by atoms with E-state index in [1.165, 1.54) is 42.2 Å². The Morgan fingerprint density at radius 2 is 1.63 bits per heavy atom. The van der Waals surface area contributed by atoms with Gasteiger partial charge in [0.25, 0.3) is 10.0 Å². The zero-order valence-electron chi connectivity index (χ0n) is 22.6. The Morgan fingerprint density at radius 1 is 0.976 bits per heavy atom. The number of hydrogen-bond donors (Lipinski definition) is 1. The first-order chi connectivity index (χ1) is 19.3. The summed E-state index contributed by atoms with van der Waals surface area (Å²) in [6.45, 7) is 3.03. The zero-order valence-corrected chi connectivity index (χ0v) is 25.0. The highest BCUT2D eigenvalue weighted by molar-refractivity contribution is 9.10. The highest BCUT2D eigenvalue weighted by Gasteiger charge is 2.35. The van der Waals surface area contributed by atoms with E-state index in [9.17, 15) is 31.2 Å². The number of anilines is 1. The summed E-state index contributed by atoms with van der Waals surface area (Å²) in [6, 6.07) is 16.9. The van der Waals surface area contributed by atoms with Crippen molar-refractivity contribution in [3.8, 4) is 0 Å². The molecule has 0 heterocycles. The van der Waals surface area contributed by atoms with Crippen molar-refractivity contribution in [3.05, 3.63) is 94.5 Å². The SMILES string of the molecule is CCCCNC(=O)C(C)N(Cc1ccc(Br)cc1)C(=O)CN(c1cccc(C(F)(F)F)c1)S(=O)(=O)c1ccccc1. The first-order valence-electron chi connectivity index (χ1n) is 12.9. The lowest BCUT2D eigenvalue weighted by Crippen LogP contribution is -2.51. The lowest BCUT2D eigenvalue weighted by Gasteiger charge is -2.32. The number of rotatable bonds is 12. The molecule has 0 saturated carbocycles. The normalized spacial score (nSPS) is 12.4. The highest BCUT2D eigenvalue weighted by atomic mass is 79.9. The molecule has 3 aromatic carbocycles. The second-order valence-electron chi connectivity index (χ2n) is 9.34. The van der Waals surface area contributed by atoms with E-state index in [0.717, 1.165) is 29.4 Å². The Balaban J connectivity index is 2.04. The van der Waals surface area contributed by atoms with Gasteiger partial charge in [0.15, 0.2) is 0 Å². The molecule has 0 aliphatic rings. The van der Waals surface area contributed by atoms with Crippen molar-refractivity contribution in [2.24, 2.45) is 0 Å². The molecule has 0 aliphatic carbocycles. The fourth-order valence-electron chi connectivity index (χ4n) is 3.99. The van der Waals surface area contributed by atoms with Gasteiger partial charge < -0.3 is 10.2 Å². The second kappa shape index (κ2) is 14.0. The van der Waals surface area contributed by atoms with Gasteiger partial charge in [0.2, 0.25) is 11.8 Å². The Hall–Kier alpha value is -3.38. The lowest BCUT2D eigenvalue weighted by molar-refractivity contribution is -0.139. The molecule has 3 aromatic rings. The number of amides is 2. The Kier molecular flexibility index (Phi) is 11.0. The minimum absolute atomic E-state index is 0.0315. The average molecular weight is 655 g/mol. The third kappa shape index (κ3) is 8.56. The van der Waals surface area contributed by atoms with Crippen LogP contribution in [0.25, 0.3) is 0 Å². The number of carbonyl (C=O) groups is 2. The summed E-state index contributed by atoms with van der Waals surface area (Å²) in [7, 11) is -4.48. The van der Waals surface area contributed by atoms with Crippen molar-refractivity contribution in [1.82, 2.24) is 10.2 Å². The number of halogens is 4. The number of nitrogens with zero attached hydrogens (tertiary/aromatic N) is 2. The van der Waals surface area contributed by atoms with Gasteiger partial charge in [-0.05, 0) is 61.4 Å². The quantitative estimate of drug-likeness (QED) is 0.243. The largest absolute Gasteiger partial charge is 0.416 e. The summed E-state index contributed by atoms with van der Waals surface area (Å²) in [6.07, 6.45) is -3.15. The molecule has 3 rings (SSSR count). The Bertz CT molecular complexity index is 1440. The van der Waals surface area contributed by atoms with Crippen LogP contribution in [0.1, 0.15) is 37.8 Å². The highest BCUT2D eigenvalue weighted by Crippen LogP contribution is 2.33. The van der Waals surface area contributed by atoms with Crippen LogP contribution in [-0.2, 0) is 32.3 Å². The number of hydrogen-bond acceptors (Lipinski definition) is 4. The lowest BCUT2D eigenvalue weighted by atomic mass is 10.1. The zero-order chi connectivity index (χ0) is 30.2. The molecule has 0 bridgehead atoms. The van der Waals surface area contributed by atoms with Crippen molar-refractivity contribution < 1.29 is 31.2 Å². The van der Waals surface area contributed by atoms with Crippen LogP contribution in [0, 0.1) is 0 Å². The molecule has 1 atom stereocenters. The number of nitrogens with one attached hydrogen (secondary N) is 1. The van der Waals surface area contributed by atoms with Crippen molar-refractivity contribution in [1.29, 1.82) is 0 Å². The van der Waals surface area contributed by atoms with Crippen LogP contribution < -0.4 is 9.62 Å². The van der Waals surface area contributed by atoms with Gasteiger partial charge in [0, 0.05) is 17.6 Å². The van der Waals surface area contributed by atoms with Gasteiger partial charge in [-0.3, -0.25) is 13.9 Å². The number of unbranched alkanes of at least 4 members (excludes halogenated alkanes) is 1. The molecule has 0 saturated heterocycles. The van der Waals surface area contributed by atoms with Crippen molar-refractivity contribution in [2.45, 2.75) is 50.3 Å². The minimum Gasteiger partial charge on any atom is -0.354 e. The summed E-state index contributed by atoms with van der Waals surface area (Å²) < 4.78 is 69.5. The van der Waals surface area contributed by atoms with Gasteiger partial charge in [-0.1, -0.05) is 65.7 Å². The molecule has 0 fully saturated rings. The predicted octanol–water partition coefficient (Wildman–Crippen LogP) is 6.00. The van der Waals surface area contributed by atoms with Crippen LogP contribution in [0.4, 0.5) is 18.9 Å². The fourth-order valence-corrected chi connectivity index (χ4v) is 5.68. The topological polar surface area (TPSA) is 86.8 Å². The van der Waals surface area contributed by atoms with Crippen LogP contribution in [-0.4, -0.2) is 44.3 Å². The van der Waals surface area contributed by atoms with Crippen LogP contribution >= 0.6 is 15.9 Å². The molecule has 41 heavy (non-hydrogen) atoms. The number of sulfonamides is 1. The first-order valence-corrected chi connectivity index (χ1v) is 15.1. The summed E-state index contributed by atoms with van der Waals surface area (Å²) in [5.74, 6) is -1.19. The van der Waals surface area contributed by atoms with Crippen LogP contribution in [0.3, 0.4) is 0 Å². The molecule has 12 heteroatoms. The molecule has 0 spiro atoms. The van der Waals surface area contributed by atoms with Crippen molar-refractivity contribution in [2.75, 3.05) is 17.4 Å². The fraction of sp³-hybridized carbons (Fsp3) is 0.310. The van der Waals surface area contributed by atoms with Gasteiger partial charge in [0.1, 0.15) is 12.6 Å². The summed E-state index contributed by atoms with van der Waals surface area (Å²) >= 11 is 3.35. The maximum atomic E-state index is 13.8. The third-order valence-corrected chi connectivity index (χ3v) is 8.65. The van der Waals surface area contributed by atoms with E-state index in [0.29, 0.717) is 22.5 Å².